The molecule has 2 heterocycles. The summed E-state index contributed by atoms with van der Waals surface area (Å²) < 4.78 is 7.56. The molecule has 1 aromatic heterocycles. The van der Waals surface area contributed by atoms with Crippen molar-refractivity contribution in [2.24, 2.45) is 7.05 Å². The molecule has 34 heavy (non-hydrogen) atoms. The number of carbonyl (C=O) groups excluding carboxylic acids is 2. The number of ether oxygens (including phenoxy) is 1. The van der Waals surface area contributed by atoms with Crippen LogP contribution in [0.3, 0.4) is 0 Å². The predicted octanol–water partition coefficient (Wildman–Crippen LogP) is 5.13. The number of nitrogens with zero attached hydrogens (tertiary/aromatic N) is 2. The molecule has 2 atom stereocenters. The quantitative estimate of drug-likeness (QED) is 0.456. The van der Waals surface area contributed by atoms with Gasteiger partial charge in [0.15, 0.2) is 0 Å². The number of likely N-dealkylation sites (N-methyl/N-ethyl adjacent to an activating group) is 1. The summed E-state index contributed by atoms with van der Waals surface area (Å²) in [5.41, 5.74) is 4.00. The van der Waals surface area contributed by atoms with Crippen LogP contribution < -0.4 is 10.1 Å². The molecule has 0 fully saturated rings. The van der Waals surface area contributed by atoms with Crippen LogP contribution in [-0.4, -0.2) is 34.9 Å². The minimum absolute atomic E-state index is 0.0846. The molecular formula is C28H27N3O3. The minimum Gasteiger partial charge on any atom is -0.494 e. The van der Waals surface area contributed by atoms with Crippen molar-refractivity contribution in [3.8, 4) is 5.75 Å². The van der Waals surface area contributed by atoms with Crippen molar-refractivity contribution in [3.05, 3.63) is 95.7 Å². The van der Waals surface area contributed by atoms with Gasteiger partial charge in [0.05, 0.1) is 18.6 Å². The summed E-state index contributed by atoms with van der Waals surface area (Å²) >= 11 is 0. The molecule has 0 spiro atoms. The fourth-order valence-corrected chi connectivity index (χ4v) is 4.98. The summed E-state index contributed by atoms with van der Waals surface area (Å²) in [6, 6.07) is 22.4. The number of para-hydroxylation sites is 1. The van der Waals surface area contributed by atoms with E-state index in [0.717, 1.165) is 27.8 Å². The third kappa shape index (κ3) is 3.61. The molecule has 3 aromatic carbocycles. The molecule has 4 aromatic rings. The zero-order valence-corrected chi connectivity index (χ0v) is 19.5. The number of fused-ring (bicyclic) bond motifs is 2. The van der Waals surface area contributed by atoms with Crippen LogP contribution in [0.5, 0.6) is 5.75 Å². The molecule has 2 amide bonds. The van der Waals surface area contributed by atoms with Gasteiger partial charge in [-0.15, -0.1) is 0 Å². The second kappa shape index (κ2) is 8.71. The van der Waals surface area contributed by atoms with Gasteiger partial charge >= 0.3 is 0 Å². The molecule has 0 unspecified atom stereocenters. The Bertz CT molecular complexity index is 1370. The number of rotatable bonds is 5. The number of anilines is 1. The maximum atomic E-state index is 13.8. The highest BCUT2D eigenvalue weighted by Crippen LogP contribution is 2.44. The first-order chi connectivity index (χ1) is 16.5. The highest BCUT2D eigenvalue weighted by molar-refractivity contribution is 6.05. The molecule has 0 saturated carbocycles. The van der Waals surface area contributed by atoms with E-state index in [1.54, 1.807) is 18.0 Å². The third-order valence-corrected chi connectivity index (χ3v) is 6.54. The lowest BCUT2D eigenvalue weighted by atomic mass is 9.79. The average molecular weight is 454 g/mol. The van der Waals surface area contributed by atoms with Gasteiger partial charge in [-0.1, -0.05) is 36.4 Å². The van der Waals surface area contributed by atoms with Gasteiger partial charge in [-0.25, -0.2) is 0 Å². The first-order valence-corrected chi connectivity index (χ1v) is 11.4. The van der Waals surface area contributed by atoms with Gasteiger partial charge in [0.1, 0.15) is 5.75 Å². The fourth-order valence-electron chi connectivity index (χ4n) is 4.98. The Hall–Kier alpha value is -4.06. The maximum Gasteiger partial charge on any atom is 0.254 e. The van der Waals surface area contributed by atoms with Gasteiger partial charge in [0, 0.05) is 48.0 Å². The lowest BCUT2D eigenvalue weighted by Crippen LogP contribution is -2.44. The molecule has 172 valence electrons. The number of benzene rings is 3. The van der Waals surface area contributed by atoms with Crippen molar-refractivity contribution in [3.63, 3.8) is 0 Å². The van der Waals surface area contributed by atoms with E-state index in [4.69, 9.17) is 4.74 Å². The summed E-state index contributed by atoms with van der Waals surface area (Å²) in [6.45, 7) is 2.51. The van der Waals surface area contributed by atoms with E-state index in [-0.39, 0.29) is 11.8 Å². The van der Waals surface area contributed by atoms with Crippen LogP contribution in [0, 0.1) is 0 Å². The fraction of sp³-hybridized carbons (Fsp3) is 0.214. The first-order valence-electron chi connectivity index (χ1n) is 11.4. The van der Waals surface area contributed by atoms with Gasteiger partial charge in [-0.3, -0.25) is 9.59 Å². The summed E-state index contributed by atoms with van der Waals surface area (Å²) in [5, 5.41) is 4.11. The van der Waals surface area contributed by atoms with Crippen LogP contribution in [-0.2, 0) is 11.8 Å². The van der Waals surface area contributed by atoms with E-state index in [1.165, 1.54) is 0 Å². The van der Waals surface area contributed by atoms with Gasteiger partial charge in [0.25, 0.3) is 5.91 Å². The Morgan fingerprint density at radius 2 is 1.65 bits per heavy atom. The van der Waals surface area contributed by atoms with E-state index in [1.807, 2.05) is 91.5 Å². The van der Waals surface area contributed by atoms with Crippen LogP contribution in [0.15, 0.2) is 79.0 Å². The van der Waals surface area contributed by atoms with E-state index in [9.17, 15) is 9.59 Å². The molecule has 0 radical (unpaired) electrons. The number of aryl methyl sites for hydroxylation is 1. The van der Waals surface area contributed by atoms with Crippen LogP contribution in [0.1, 0.15) is 40.4 Å². The summed E-state index contributed by atoms with van der Waals surface area (Å²) in [6.07, 6.45) is 2.03. The molecule has 6 heteroatoms. The van der Waals surface area contributed by atoms with Crippen molar-refractivity contribution in [1.82, 2.24) is 9.47 Å². The monoisotopic (exact) mass is 453 g/mol. The van der Waals surface area contributed by atoms with Gasteiger partial charge in [-0.2, -0.15) is 0 Å². The van der Waals surface area contributed by atoms with E-state index < -0.39 is 12.0 Å². The zero-order chi connectivity index (χ0) is 23.8. The lowest BCUT2D eigenvalue weighted by molar-refractivity contribution is -0.119. The molecule has 5 rings (SSSR count). The first kappa shape index (κ1) is 21.8. The highest BCUT2D eigenvalue weighted by atomic mass is 16.5. The number of hydrogen-bond acceptors (Lipinski definition) is 3. The molecule has 6 nitrogen and oxygen atoms in total. The SMILES string of the molecule is CCOc1ccc(NC(=O)[C@@H]2c3ccccc3C(=O)N(C)[C@@H]2c2cn(C)c3ccccc23)cc1. The normalized spacial score (nSPS) is 17.5. The van der Waals surface area contributed by atoms with E-state index in [0.29, 0.717) is 17.9 Å². The van der Waals surface area contributed by atoms with E-state index in [2.05, 4.69) is 5.32 Å². The number of nitrogens with one attached hydrogen (secondary N) is 1. The largest absolute Gasteiger partial charge is 0.494 e. The summed E-state index contributed by atoms with van der Waals surface area (Å²) in [4.78, 5) is 28.9. The van der Waals surface area contributed by atoms with Crippen LogP contribution in [0.4, 0.5) is 5.69 Å². The predicted molar refractivity (Wildman–Crippen MR) is 133 cm³/mol. The number of amides is 2. The second-order valence-electron chi connectivity index (χ2n) is 8.58. The molecule has 1 aliphatic rings. The van der Waals surface area contributed by atoms with Crippen LogP contribution in [0.25, 0.3) is 10.9 Å². The van der Waals surface area contributed by atoms with Crippen LogP contribution in [0.2, 0.25) is 0 Å². The molecule has 0 aliphatic carbocycles. The Labute approximate surface area is 198 Å². The van der Waals surface area contributed by atoms with Gasteiger partial charge < -0.3 is 19.5 Å². The standard InChI is InChI=1S/C28H27N3O3/c1-4-34-19-15-13-18(14-16-19)29-27(32)25-21-10-5-6-11-22(21)28(33)31(3)26(25)23-17-30(2)24-12-8-7-9-20(23)24/h5-17,25-26H,4H2,1-3H3,(H,29,32)/t25-,26-/m1/s1. The maximum absolute atomic E-state index is 13.8. The summed E-state index contributed by atoms with van der Waals surface area (Å²) in [7, 11) is 3.77. The van der Waals surface area contributed by atoms with Crippen molar-refractivity contribution < 1.29 is 14.3 Å². The van der Waals surface area contributed by atoms with E-state index >= 15 is 0 Å². The Morgan fingerprint density at radius 1 is 0.941 bits per heavy atom. The lowest BCUT2D eigenvalue weighted by Gasteiger charge is -2.39. The Morgan fingerprint density at radius 3 is 2.41 bits per heavy atom. The van der Waals surface area contributed by atoms with Crippen LogP contribution >= 0.6 is 0 Å². The van der Waals surface area contributed by atoms with Gasteiger partial charge in [0.2, 0.25) is 5.91 Å². The summed E-state index contributed by atoms with van der Waals surface area (Å²) in [5.74, 6) is -0.0636. The van der Waals surface area contributed by atoms with Crippen molar-refractivity contribution in [2.45, 2.75) is 18.9 Å². The van der Waals surface area contributed by atoms with Crippen molar-refractivity contribution >= 4 is 28.4 Å². The number of carbonyl (C=O) groups is 2. The topological polar surface area (TPSA) is 63.6 Å². The molecule has 1 aliphatic heterocycles. The smallest absolute Gasteiger partial charge is 0.254 e. The van der Waals surface area contributed by atoms with Gasteiger partial charge in [-0.05, 0) is 48.9 Å². The Kier molecular flexibility index (Phi) is 5.57. The molecular weight excluding hydrogens is 426 g/mol. The minimum atomic E-state index is -0.573. The van der Waals surface area contributed by atoms with Crippen molar-refractivity contribution in [1.29, 1.82) is 0 Å². The highest BCUT2D eigenvalue weighted by Gasteiger charge is 2.43. The third-order valence-electron chi connectivity index (χ3n) is 6.54. The molecule has 1 N–H and O–H groups in total. The molecule has 0 bridgehead atoms. The number of hydrogen-bond donors (Lipinski definition) is 1. The Balaban J connectivity index is 1.60. The second-order valence-corrected chi connectivity index (χ2v) is 8.58. The molecule has 0 saturated heterocycles. The van der Waals surface area contributed by atoms with Crippen molar-refractivity contribution in [2.75, 3.05) is 19.0 Å². The average Bonchev–Trinajstić information content (AvgIpc) is 3.18. The number of aromatic nitrogens is 1. The zero-order valence-electron chi connectivity index (χ0n) is 19.5.